The number of amides is 1. The van der Waals surface area contributed by atoms with Crippen molar-refractivity contribution in [2.45, 2.75) is 19.3 Å². The Kier molecular flexibility index (Phi) is 4.47. The summed E-state index contributed by atoms with van der Waals surface area (Å²) in [5, 5.41) is 0. The van der Waals surface area contributed by atoms with Crippen LogP contribution in [0.15, 0.2) is 22.7 Å². The second kappa shape index (κ2) is 6.09. The van der Waals surface area contributed by atoms with Gasteiger partial charge in [0.05, 0.1) is 4.47 Å². The molecule has 0 radical (unpaired) electrons. The van der Waals surface area contributed by atoms with Crippen LogP contribution in [0.25, 0.3) is 0 Å². The number of anilines is 1. The van der Waals surface area contributed by atoms with E-state index < -0.39 is 0 Å². The maximum Gasteiger partial charge on any atom is 0.260 e. The molecule has 0 atom stereocenters. The number of nitrogens with zero attached hydrogens (tertiary/aromatic N) is 1. The smallest absolute Gasteiger partial charge is 0.260 e. The van der Waals surface area contributed by atoms with E-state index in [4.69, 9.17) is 10.5 Å². The van der Waals surface area contributed by atoms with Gasteiger partial charge in [0.2, 0.25) is 0 Å². The van der Waals surface area contributed by atoms with Gasteiger partial charge in [0.15, 0.2) is 6.61 Å². The maximum absolute atomic E-state index is 11.9. The predicted molar refractivity (Wildman–Crippen MR) is 74.5 cm³/mol. The van der Waals surface area contributed by atoms with Gasteiger partial charge in [-0.25, -0.2) is 0 Å². The van der Waals surface area contributed by atoms with E-state index >= 15 is 0 Å². The van der Waals surface area contributed by atoms with Crippen LogP contribution in [-0.4, -0.2) is 30.5 Å². The van der Waals surface area contributed by atoms with Crippen LogP contribution >= 0.6 is 15.9 Å². The maximum atomic E-state index is 11.9. The number of ether oxygens (including phenoxy) is 1. The van der Waals surface area contributed by atoms with Gasteiger partial charge in [-0.15, -0.1) is 0 Å². The SMILES string of the molecule is Nc1cccc(OCC(=O)N2CCCCC2)c1Br. The summed E-state index contributed by atoms with van der Waals surface area (Å²) in [4.78, 5) is 13.8. The number of likely N-dealkylation sites (tertiary alicyclic amines) is 1. The van der Waals surface area contributed by atoms with Crippen molar-refractivity contribution in [3.05, 3.63) is 22.7 Å². The molecule has 1 aromatic carbocycles. The lowest BCUT2D eigenvalue weighted by Crippen LogP contribution is -2.38. The Hall–Kier alpha value is -1.23. The molecule has 98 valence electrons. The van der Waals surface area contributed by atoms with Crippen LogP contribution in [-0.2, 0) is 4.79 Å². The Labute approximate surface area is 115 Å². The number of nitrogens with two attached hydrogens (primary N) is 1. The van der Waals surface area contributed by atoms with Crippen molar-refractivity contribution in [3.63, 3.8) is 0 Å². The van der Waals surface area contributed by atoms with Crippen LogP contribution in [0.4, 0.5) is 5.69 Å². The van der Waals surface area contributed by atoms with E-state index in [1.54, 1.807) is 18.2 Å². The van der Waals surface area contributed by atoms with Gasteiger partial charge >= 0.3 is 0 Å². The van der Waals surface area contributed by atoms with E-state index in [1.807, 2.05) is 4.90 Å². The van der Waals surface area contributed by atoms with Gasteiger partial charge in [-0.3, -0.25) is 4.79 Å². The van der Waals surface area contributed by atoms with Crippen molar-refractivity contribution in [1.29, 1.82) is 0 Å². The molecule has 2 rings (SSSR count). The largest absolute Gasteiger partial charge is 0.483 e. The molecule has 1 aliphatic heterocycles. The molecule has 1 saturated heterocycles. The van der Waals surface area contributed by atoms with Crippen LogP contribution in [0.3, 0.4) is 0 Å². The topological polar surface area (TPSA) is 55.6 Å². The van der Waals surface area contributed by atoms with Crippen LogP contribution < -0.4 is 10.5 Å². The van der Waals surface area contributed by atoms with Crippen LogP contribution in [0.5, 0.6) is 5.75 Å². The average molecular weight is 313 g/mol. The predicted octanol–water partition coefficient (Wildman–Crippen LogP) is 2.42. The number of rotatable bonds is 3. The molecule has 5 heteroatoms. The van der Waals surface area contributed by atoms with Crippen LogP contribution in [0.2, 0.25) is 0 Å². The quantitative estimate of drug-likeness (QED) is 0.872. The van der Waals surface area contributed by atoms with Gasteiger partial charge < -0.3 is 15.4 Å². The molecule has 0 unspecified atom stereocenters. The molecule has 0 aliphatic carbocycles. The highest BCUT2D eigenvalue weighted by Gasteiger charge is 2.17. The van der Waals surface area contributed by atoms with E-state index in [1.165, 1.54) is 6.42 Å². The Balaban J connectivity index is 1.90. The molecule has 0 saturated carbocycles. The summed E-state index contributed by atoms with van der Waals surface area (Å²) in [7, 11) is 0. The van der Waals surface area contributed by atoms with E-state index in [2.05, 4.69) is 15.9 Å². The molecule has 1 amide bonds. The summed E-state index contributed by atoms with van der Waals surface area (Å²) >= 11 is 3.35. The highest BCUT2D eigenvalue weighted by atomic mass is 79.9. The first-order valence-corrected chi connectivity index (χ1v) is 6.92. The lowest BCUT2D eigenvalue weighted by atomic mass is 10.1. The number of piperidine rings is 1. The second-order valence-electron chi connectivity index (χ2n) is 4.39. The molecule has 4 nitrogen and oxygen atoms in total. The molecular weight excluding hydrogens is 296 g/mol. The van der Waals surface area contributed by atoms with Gasteiger partial charge in [-0.05, 0) is 47.3 Å². The number of halogens is 1. The van der Waals surface area contributed by atoms with Crippen molar-refractivity contribution in [2.75, 3.05) is 25.4 Å². The summed E-state index contributed by atoms with van der Waals surface area (Å²) in [6.45, 7) is 1.77. The third-order valence-electron chi connectivity index (χ3n) is 3.05. The number of hydrogen-bond acceptors (Lipinski definition) is 3. The van der Waals surface area contributed by atoms with Crippen LogP contribution in [0, 0.1) is 0 Å². The zero-order chi connectivity index (χ0) is 13.0. The third-order valence-corrected chi connectivity index (χ3v) is 3.90. The Morgan fingerprint density at radius 3 is 2.78 bits per heavy atom. The summed E-state index contributed by atoms with van der Waals surface area (Å²) < 4.78 is 6.22. The lowest BCUT2D eigenvalue weighted by molar-refractivity contribution is -0.134. The highest BCUT2D eigenvalue weighted by Crippen LogP contribution is 2.30. The van der Waals surface area contributed by atoms with E-state index in [0.717, 1.165) is 25.9 Å². The van der Waals surface area contributed by atoms with Crippen molar-refractivity contribution in [3.8, 4) is 5.75 Å². The summed E-state index contributed by atoms with van der Waals surface area (Å²) in [5.41, 5.74) is 6.36. The molecule has 0 aromatic heterocycles. The standard InChI is InChI=1S/C13H17BrN2O2/c14-13-10(15)5-4-6-11(13)18-9-12(17)16-7-2-1-3-8-16/h4-6H,1-3,7-9,15H2. The van der Waals surface area contributed by atoms with Crippen molar-refractivity contribution >= 4 is 27.5 Å². The van der Waals surface area contributed by atoms with E-state index in [0.29, 0.717) is 15.9 Å². The van der Waals surface area contributed by atoms with E-state index in [9.17, 15) is 4.79 Å². The number of carbonyl (C=O) groups is 1. The van der Waals surface area contributed by atoms with Gasteiger partial charge in [0.1, 0.15) is 5.75 Å². The minimum atomic E-state index is 0.0454. The summed E-state index contributed by atoms with van der Waals surface area (Å²) in [6.07, 6.45) is 3.40. The molecule has 1 heterocycles. The fourth-order valence-electron chi connectivity index (χ4n) is 2.01. The average Bonchev–Trinajstić information content (AvgIpc) is 2.41. The normalized spacial score (nSPS) is 15.5. The van der Waals surface area contributed by atoms with Gasteiger partial charge in [-0.2, -0.15) is 0 Å². The lowest BCUT2D eigenvalue weighted by Gasteiger charge is -2.26. The van der Waals surface area contributed by atoms with E-state index in [-0.39, 0.29) is 12.5 Å². The fourth-order valence-corrected chi connectivity index (χ4v) is 2.39. The molecule has 2 N–H and O–H groups in total. The molecule has 0 spiro atoms. The highest BCUT2D eigenvalue weighted by molar-refractivity contribution is 9.10. The molecule has 18 heavy (non-hydrogen) atoms. The monoisotopic (exact) mass is 312 g/mol. The zero-order valence-electron chi connectivity index (χ0n) is 10.2. The number of benzene rings is 1. The second-order valence-corrected chi connectivity index (χ2v) is 5.18. The van der Waals surface area contributed by atoms with Gasteiger partial charge in [0, 0.05) is 18.8 Å². The molecule has 1 fully saturated rings. The number of carbonyl (C=O) groups excluding carboxylic acids is 1. The zero-order valence-corrected chi connectivity index (χ0v) is 11.8. The number of nitrogen functional groups attached to an aromatic ring is 1. The van der Waals surface area contributed by atoms with Crippen molar-refractivity contribution in [1.82, 2.24) is 4.90 Å². The molecule has 1 aromatic rings. The molecular formula is C13H17BrN2O2. The fraction of sp³-hybridized carbons (Fsp3) is 0.462. The van der Waals surface area contributed by atoms with Crippen molar-refractivity contribution in [2.24, 2.45) is 0 Å². The molecule has 0 bridgehead atoms. The Bertz CT molecular complexity index is 431. The number of hydrogen-bond donors (Lipinski definition) is 1. The van der Waals surface area contributed by atoms with Gasteiger partial charge in [0.25, 0.3) is 5.91 Å². The summed E-state index contributed by atoms with van der Waals surface area (Å²) in [5.74, 6) is 0.657. The minimum absolute atomic E-state index is 0.0454. The first-order chi connectivity index (χ1) is 8.68. The van der Waals surface area contributed by atoms with Gasteiger partial charge in [-0.1, -0.05) is 6.07 Å². The first kappa shape index (κ1) is 13.2. The van der Waals surface area contributed by atoms with Crippen LogP contribution in [0.1, 0.15) is 19.3 Å². The first-order valence-electron chi connectivity index (χ1n) is 6.13. The minimum Gasteiger partial charge on any atom is -0.483 e. The Morgan fingerprint density at radius 1 is 1.33 bits per heavy atom. The van der Waals surface area contributed by atoms with Crippen molar-refractivity contribution < 1.29 is 9.53 Å². The Morgan fingerprint density at radius 2 is 2.06 bits per heavy atom. The molecule has 1 aliphatic rings. The third kappa shape index (κ3) is 3.16. The summed E-state index contributed by atoms with van der Waals surface area (Å²) in [6, 6.07) is 5.38.